The first-order chi connectivity index (χ1) is 9.81. The highest BCUT2D eigenvalue weighted by atomic mass is 79.9. The topological polar surface area (TPSA) is 12.0 Å². The molecule has 0 aliphatic heterocycles. The van der Waals surface area contributed by atoms with Crippen molar-refractivity contribution in [3.63, 3.8) is 0 Å². The minimum atomic E-state index is 0.515. The number of halogens is 1. The molecule has 1 atom stereocenters. The predicted molar refractivity (Wildman–Crippen MR) is 90.0 cm³/mol. The molecule has 1 aliphatic rings. The van der Waals surface area contributed by atoms with Gasteiger partial charge < -0.3 is 5.32 Å². The molecular formula is C18H22BrN. The van der Waals surface area contributed by atoms with E-state index in [9.17, 15) is 0 Å². The Morgan fingerprint density at radius 1 is 1.15 bits per heavy atom. The first-order valence-corrected chi connectivity index (χ1v) is 8.51. The van der Waals surface area contributed by atoms with E-state index in [2.05, 4.69) is 64.6 Å². The molecule has 0 bridgehead atoms. The Morgan fingerprint density at radius 3 is 2.55 bits per heavy atom. The first kappa shape index (κ1) is 14.1. The molecule has 1 nitrogen and oxygen atoms in total. The lowest BCUT2D eigenvalue weighted by molar-refractivity contribution is 0.232. The van der Waals surface area contributed by atoms with Gasteiger partial charge in [0.05, 0.1) is 0 Å². The Bertz CT molecular complexity index is 589. The maximum Gasteiger partial charge on any atom is 0.0354 e. The minimum absolute atomic E-state index is 0.515. The highest BCUT2D eigenvalue weighted by Crippen LogP contribution is 2.41. The summed E-state index contributed by atoms with van der Waals surface area (Å²) in [6, 6.07) is 13.8. The van der Waals surface area contributed by atoms with Crippen molar-refractivity contribution in [2.45, 2.75) is 38.6 Å². The number of nitrogens with one attached hydrogen (secondary N) is 1. The van der Waals surface area contributed by atoms with Gasteiger partial charge >= 0.3 is 0 Å². The molecule has 1 unspecified atom stereocenters. The van der Waals surface area contributed by atoms with Crippen LogP contribution in [0.5, 0.6) is 0 Å². The van der Waals surface area contributed by atoms with E-state index in [0.717, 1.165) is 12.5 Å². The van der Waals surface area contributed by atoms with Crippen molar-refractivity contribution in [2.24, 2.45) is 5.92 Å². The van der Waals surface area contributed by atoms with Crippen LogP contribution in [0.25, 0.3) is 10.8 Å². The van der Waals surface area contributed by atoms with Crippen molar-refractivity contribution in [1.29, 1.82) is 0 Å². The van der Waals surface area contributed by atoms with Gasteiger partial charge in [-0.3, -0.25) is 0 Å². The smallest absolute Gasteiger partial charge is 0.0354 e. The van der Waals surface area contributed by atoms with E-state index >= 15 is 0 Å². The molecule has 1 N–H and O–H groups in total. The molecule has 2 aromatic rings. The molecule has 20 heavy (non-hydrogen) atoms. The lowest BCUT2D eigenvalue weighted by Crippen LogP contribution is -2.32. The van der Waals surface area contributed by atoms with E-state index in [1.54, 1.807) is 0 Å². The molecule has 3 rings (SSSR count). The third kappa shape index (κ3) is 2.64. The van der Waals surface area contributed by atoms with E-state index < -0.39 is 0 Å². The Labute approximate surface area is 129 Å². The van der Waals surface area contributed by atoms with Crippen molar-refractivity contribution >= 4 is 26.7 Å². The molecule has 0 spiro atoms. The third-order valence-corrected chi connectivity index (χ3v) is 5.17. The predicted octanol–water partition coefficient (Wildman–Crippen LogP) is 5.44. The molecule has 106 valence electrons. The standard InChI is InChI=1S/C18H22BrN/c1-2-12-20-18(13-6-5-7-13)16-10-11-17(19)15-9-4-3-8-14(15)16/h3-4,8-11,13,18,20H,2,5-7,12H2,1H3. The van der Waals surface area contributed by atoms with Crippen LogP contribution in [0.1, 0.15) is 44.2 Å². The maximum absolute atomic E-state index is 3.78. The van der Waals surface area contributed by atoms with E-state index in [1.165, 1.54) is 46.5 Å². The van der Waals surface area contributed by atoms with Crippen LogP contribution in [0.4, 0.5) is 0 Å². The van der Waals surface area contributed by atoms with Crippen LogP contribution in [0, 0.1) is 5.92 Å². The average molecular weight is 332 g/mol. The summed E-state index contributed by atoms with van der Waals surface area (Å²) in [5.74, 6) is 0.811. The molecule has 0 radical (unpaired) electrons. The Morgan fingerprint density at radius 2 is 1.90 bits per heavy atom. The summed E-state index contributed by atoms with van der Waals surface area (Å²) < 4.78 is 1.19. The van der Waals surface area contributed by atoms with Crippen molar-refractivity contribution < 1.29 is 0 Å². The van der Waals surface area contributed by atoms with Gasteiger partial charge in [-0.25, -0.2) is 0 Å². The lowest BCUT2D eigenvalue weighted by Gasteiger charge is -2.35. The highest BCUT2D eigenvalue weighted by molar-refractivity contribution is 9.10. The van der Waals surface area contributed by atoms with Crippen LogP contribution in [0.15, 0.2) is 40.9 Å². The normalized spacial score (nSPS) is 17.1. The van der Waals surface area contributed by atoms with Gasteiger partial charge in [0.2, 0.25) is 0 Å². The largest absolute Gasteiger partial charge is 0.310 e. The molecule has 2 heteroatoms. The number of fused-ring (bicyclic) bond motifs is 1. The molecule has 0 aromatic heterocycles. The highest BCUT2D eigenvalue weighted by Gasteiger charge is 2.29. The Balaban J connectivity index is 2.03. The quantitative estimate of drug-likeness (QED) is 0.768. The van der Waals surface area contributed by atoms with Gasteiger partial charge in [-0.2, -0.15) is 0 Å². The van der Waals surface area contributed by atoms with E-state index in [0.29, 0.717) is 6.04 Å². The molecule has 1 aliphatic carbocycles. The van der Waals surface area contributed by atoms with Gasteiger partial charge in [-0.15, -0.1) is 0 Å². The van der Waals surface area contributed by atoms with Gasteiger partial charge in [-0.1, -0.05) is 59.6 Å². The number of hydrogen-bond acceptors (Lipinski definition) is 1. The van der Waals surface area contributed by atoms with Crippen LogP contribution < -0.4 is 5.32 Å². The molecule has 1 fully saturated rings. The van der Waals surface area contributed by atoms with Crippen LogP contribution in [0.3, 0.4) is 0 Å². The van der Waals surface area contributed by atoms with Gasteiger partial charge in [0.1, 0.15) is 0 Å². The van der Waals surface area contributed by atoms with Crippen molar-refractivity contribution in [3.05, 3.63) is 46.4 Å². The van der Waals surface area contributed by atoms with Crippen molar-refractivity contribution in [3.8, 4) is 0 Å². The molecule has 0 saturated heterocycles. The average Bonchev–Trinajstić information content (AvgIpc) is 2.42. The second-order valence-corrected chi connectivity index (χ2v) is 6.66. The van der Waals surface area contributed by atoms with Crippen LogP contribution in [-0.2, 0) is 0 Å². The first-order valence-electron chi connectivity index (χ1n) is 7.71. The van der Waals surface area contributed by atoms with E-state index in [4.69, 9.17) is 0 Å². The van der Waals surface area contributed by atoms with E-state index in [-0.39, 0.29) is 0 Å². The monoisotopic (exact) mass is 331 g/mol. The van der Waals surface area contributed by atoms with Gasteiger partial charge in [0.15, 0.2) is 0 Å². The fourth-order valence-electron chi connectivity index (χ4n) is 3.16. The van der Waals surface area contributed by atoms with E-state index in [1.807, 2.05) is 0 Å². The molecule has 0 heterocycles. The number of benzene rings is 2. The summed E-state index contributed by atoms with van der Waals surface area (Å²) in [6.07, 6.45) is 5.32. The summed E-state index contributed by atoms with van der Waals surface area (Å²) in [6.45, 7) is 3.34. The summed E-state index contributed by atoms with van der Waals surface area (Å²) in [5, 5.41) is 6.50. The summed E-state index contributed by atoms with van der Waals surface area (Å²) in [7, 11) is 0. The number of rotatable bonds is 5. The lowest BCUT2D eigenvalue weighted by atomic mass is 9.76. The zero-order valence-electron chi connectivity index (χ0n) is 12.0. The summed E-state index contributed by atoms with van der Waals surface area (Å²) in [4.78, 5) is 0. The summed E-state index contributed by atoms with van der Waals surface area (Å²) in [5.41, 5.74) is 1.47. The van der Waals surface area contributed by atoms with Crippen LogP contribution in [0.2, 0.25) is 0 Å². The molecule has 0 amide bonds. The molecule has 1 saturated carbocycles. The van der Waals surface area contributed by atoms with Gasteiger partial charge in [0.25, 0.3) is 0 Å². The SMILES string of the molecule is CCCNC(c1ccc(Br)c2ccccc12)C1CCC1. The fraction of sp³-hybridized carbons (Fsp3) is 0.444. The van der Waals surface area contributed by atoms with Crippen molar-refractivity contribution in [2.75, 3.05) is 6.54 Å². The van der Waals surface area contributed by atoms with Gasteiger partial charge in [-0.05, 0) is 54.1 Å². The summed E-state index contributed by atoms with van der Waals surface area (Å²) >= 11 is 3.68. The Kier molecular flexibility index (Phi) is 4.42. The Hall–Kier alpha value is -0.860. The molecule has 2 aromatic carbocycles. The van der Waals surface area contributed by atoms with Crippen LogP contribution >= 0.6 is 15.9 Å². The zero-order valence-corrected chi connectivity index (χ0v) is 13.6. The second-order valence-electron chi connectivity index (χ2n) is 5.80. The fourth-order valence-corrected chi connectivity index (χ4v) is 3.64. The maximum atomic E-state index is 3.78. The van der Waals surface area contributed by atoms with Crippen LogP contribution in [-0.4, -0.2) is 6.54 Å². The van der Waals surface area contributed by atoms with Crippen molar-refractivity contribution in [1.82, 2.24) is 5.32 Å². The third-order valence-electron chi connectivity index (χ3n) is 4.48. The zero-order chi connectivity index (χ0) is 13.9. The number of hydrogen-bond donors (Lipinski definition) is 1. The second kappa shape index (κ2) is 6.28. The van der Waals surface area contributed by atoms with Gasteiger partial charge in [0, 0.05) is 10.5 Å². The minimum Gasteiger partial charge on any atom is -0.310 e. The molecular weight excluding hydrogens is 310 g/mol.